The summed E-state index contributed by atoms with van der Waals surface area (Å²) >= 11 is 5.77. The highest BCUT2D eigenvalue weighted by atomic mass is 35.5. The van der Waals surface area contributed by atoms with E-state index in [9.17, 15) is 0 Å². The van der Waals surface area contributed by atoms with E-state index in [-0.39, 0.29) is 6.61 Å². The molecule has 1 aromatic carbocycles. The molecule has 0 aromatic heterocycles. The molecule has 3 N–H and O–H groups in total. The molecule has 1 atom stereocenters. The van der Waals surface area contributed by atoms with Gasteiger partial charge in [-0.3, -0.25) is 0 Å². The fourth-order valence-corrected chi connectivity index (χ4v) is 1.13. The number of aliphatic hydroxyl groups is 1. The number of aliphatic hydroxyl groups excluding tert-OH is 1. The minimum atomic E-state index is -0.703. The first-order chi connectivity index (χ1) is 5.56. The van der Waals surface area contributed by atoms with E-state index < -0.39 is 5.54 Å². The molecule has 0 saturated heterocycles. The topological polar surface area (TPSA) is 46.2 Å². The Balaban J connectivity index is 3.03. The Bertz CT molecular complexity index is 273. The summed E-state index contributed by atoms with van der Waals surface area (Å²) in [5.74, 6) is 0. The predicted molar refractivity (Wildman–Crippen MR) is 50.1 cm³/mol. The van der Waals surface area contributed by atoms with Crippen molar-refractivity contribution in [2.75, 3.05) is 6.61 Å². The Hall–Kier alpha value is -0.570. The minimum absolute atomic E-state index is 0.0899. The molecule has 0 aliphatic rings. The maximum atomic E-state index is 8.97. The van der Waals surface area contributed by atoms with Crippen LogP contribution in [0.25, 0.3) is 0 Å². The molecule has 0 fully saturated rings. The highest BCUT2D eigenvalue weighted by molar-refractivity contribution is 6.30. The zero-order valence-corrected chi connectivity index (χ0v) is 7.67. The summed E-state index contributed by atoms with van der Waals surface area (Å²) in [5, 5.41) is 9.61. The molecule has 0 aliphatic carbocycles. The molecular formula is C9H12ClNO. The molecule has 0 saturated carbocycles. The molecule has 0 aliphatic heterocycles. The number of nitrogens with two attached hydrogens (primary N) is 1. The zero-order chi connectivity index (χ0) is 9.19. The second kappa shape index (κ2) is 3.44. The van der Waals surface area contributed by atoms with Crippen molar-refractivity contribution in [2.45, 2.75) is 12.5 Å². The van der Waals surface area contributed by atoms with Crippen LogP contribution in [0.15, 0.2) is 24.3 Å². The largest absolute Gasteiger partial charge is 0.394 e. The molecule has 66 valence electrons. The summed E-state index contributed by atoms with van der Waals surface area (Å²) in [6.07, 6.45) is 0. The molecule has 0 bridgehead atoms. The van der Waals surface area contributed by atoms with Crippen LogP contribution in [0.4, 0.5) is 0 Å². The Morgan fingerprint density at radius 1 is 1.58 bits per heavy atom. The Morgan fingerprint density at radius 3 is 2.75 bits per heavy atom. The molecule has 0 amide bonds. The van der Waals surface area contributed by atoms with Crippen LogP contribution in [-0.2, 0) is 5.54 Å². The molecule has 0 heterocycles. The van der Waals surface area contributed by atoms with Crippen molar-refractivity contribution >= 4 is 11.6 Å². The lowest BCUT2D eigenvalue weighted by molar-refractivity contribution is 0.210. The molecule has 2 nitrogen and oxygen atoms in total. The third-order valence-electron chi connectivity index (χ3n) is 1.81. The van der Waals surface area contributed by atoms with E-state index in [2.05, 4.69) is 0 Å². The highest BCUT2D eigenvalue weighted by Crippen LogP contribution is 2.20. The van der Waals surface area contributed by atoms with Crippen LogP contribution >= 0.6 is 11.6 Å². The van der Waals surface area contributed by atoms with E-state index in [1.54, 1.807) is 19.1 Å². The molecule has 1 rings (SSSR count). The van der Waals surface area contributed by atoms with Gasteiger partial charge in [0, 0.05) is 5.02 Å². The monoisotopic (exact) mass is 185 g/mol. The van der Waals surface area contributed by atoms with E-state index in [1.807, 2.05) is 12.1 Å². The van der Waals surface area contributed by atoms with Crippen molar-refractivity contribution in [3.8, 4) is 0 Å². The number of benzene rings is 1. The van der Waals surface area contributed by atoms with Gasteiger partial charge in [0.05, 0.1) is 12.1 Å². The SMILES string of the molecule is C[C@@](N)(CO)c1cccc(Cl)c1. The lowest BCUT2D eigenvalue weighted by Gasteiger charge is -2.22. The summed E-state index contributed by atoms with van der Waals surface area (Å²) < 4.78 is 0. The summed E-state index contributed by atoms with van der Waals surface area (Å²) in [6.45, 7) is 1.67. The standard InChI is InChI=1S/C9H12ClNO/c1-9(11,6-12)7-3-2-4-8(10)5-7/h2-5,12H,6,11H2,1H3/t9-/m1/s1. The molecule has 0 unspecified atom stereocenters. The van der Waals surface area contributed by atoms with E-state index in [0.29, 0.717) is 5.02 Å². The van der Waals surface area contributed by atoms with E-state index in [4.69, 9.17) is 22.4 Å². The van der Waals surface area contributed by atoms with Gasteiger partial charge in [-0.15, -0.1) is 0 Å². The van der Waals surface area contributed by atoms with Crippen molar-refractivity contribution in [1.82, 2.24) is 0 Å². The van der Waals surface area contributed by atoms with Crippen molar-refractivity contribution in [3.05, 3.63) is 34.9 Å². The van der Waals surface area contributed by atoms with Crippen LogP contribution in [0.5, 0.6) is 0 Å². The molecule has 1 aromatic rings. The van der Waals surface area contributed by atoms with Gasteiger partial charge in [-0.05, 0) is 24.6 Å². The zero-order valence-electron chi connectivity index (χ0n) is 6.92. The van der Waals surface area contributed by atoms with Crippen LogP contribution in [0.2, 0.25) is 5.02 Å². The maximum Gasteiger partial charge on any atom is 0.0650 e. The minimum Gasteiger partial charge on any atom is -0.394 e. The Morgan fingerprint density at radius 2 is 2.25 bits per heavy atom. The first-order valence-electron chi connectivity index (χ1n) is 3.72. The summed E-state index contributed by atoms with van der Waals surface area (Å²) in [6, 6.07) is 7.21. The van der Waals surface area contributed by atoms with Crippen LogP contribution in [0, 0.1) is 0 Å². The number of halogens is 1. The van der Waals surface area contributed by atoms with E-state index in [0.717, 1.165) is 5.56 Å². The second-order valence-electron chi connectivity index (χ2n) is 3.09. The van der Waals surface area contributed by atoms with Crippen molar-refractivity contribution in [3.63, 3.8) is 0 Å². The number of rotatable bonds is 2. The van der Waals surface area contributed by atoms with Crippen molar-refractivity contribution < 1.29 is 5.11 Å². The average Bonchev–Trinajstić information content (AvgIpc) is 2.05. The fourth-order valence-electron chi connectivity index (χ4n) is 0.935. The van der Waals surface area contributed by atoms with Crippen molar-refractivity contribution in [2.24, 2.45) is 5.73 Å². The van der Waals surface area contributed by atoms with Crippen molar-refractivity contribution in [1.29, 1.82) is 0 Å². The number of hydrogen-bond acceptors (Lipinski definition) is 2. The smallest absolute Gasteiger partial charge is 0.0650 e. The third kappa shape index (κ3) is 1.97. The molecule has 0 spiro atoms. The predicted octanol–water partition coefficient (Wildman–Crippen LogP) is 1.51. The molecular weight excluding hydrogens is 174 g/mol. The first kappa shape index (κ1) is 9.52. The lowest BCUT2D eigenvalue weighted by Crippen LogP contribution is -2.36. The van der Waals surface area contributed by atoms with Gasteiger partial charge in [-0.1, -0.05) is 23.7 Å². The summed E-state index contributed by atoms with van der Waals surface area (Å²) in [5.41, 5.74) is 5.94. The average molecular weight is 186 g/mol. The first-order valence-corrected chi connectivity index (χ1v) is 4.10. The lowest BCUT2D eigenvalue weighted by atomic mass is 9.94. The maximum absolute atomic E-state index is 8.97. The van der Waals surface area contributed by atoms with Crippen LogP contribution in [0.3, 0.4) is 0 Å². The van der Waals surface area contributed by atoms with Gasteiger partial charge in [0.15, 0.2) is 0 Å². The van der Waals surface area contributed by atoms with Gasteiger partial charge in [-0.2, -0.15) is 0 Å². The van der Waals surface area contributed by atoms with Crippen LogP contribution in [0.1, 0.15) is 12.5 Å². The van der Waals surface area contributed by atoms with Gasteiger partial charge >= 0.3 is 0 Å². The van der Waals surface area contributed by atoms with Gasteiger partial charge in [0.1, 0.15) is 0 Å². The molecule has 0 radical (unpaired) electrons. The van der Waals surface area contributed by atoms with E-state index in [1.165, 1.54) is 0 Å². The van der Waals surface area contributed by atoms with Gasteiger partial charge in [-0.25, -0.2) is 0 Å². The van der Waals surface area contributed by atoms with Crippen LogP contribution in [-0.4, -0.2) is 11.7 Å². The summed E-state index contributed by atoms with van der Waals surface area (Å²) in [7, 11) is 0. The normalized spacial score (nSPS) is 15.7. The third-order valence-corrected chi connectivity index (χ3v) is 2.05. The number of hydrogen-bond donors (Lipinski definition) is 2. The molecule has 3 heteroatoms. The quantitative estimate of drug-likeness (QED) is 0.734. The molecule has 12 heavy (non-hydrogen) atoms. The van der Waals surface area contributed by atoms with E-state index >= 15 is 0 Å². The van der Waals surface area contributed by atoms with Gasteiger partial charge in [0.25, 0.3) is 0 Å². The fraction of sp³-hybridized carbons (Fsp3) is 0.333. The second-order valence-corrected chi connectivity index (χ2v) is 3.52. The van der Waals surface area contributed by atoms with Gasteiger partial charge < -0.3 is 10.8 Å². The Labute approximate surface area is 77.0 Å². The highest BCUT2D eigenvalue weighted by Gasteiger charge is 2.19. The van der Waals surface area contributed by atoms with Gasteiger partial charge in [0.2, 0.25) is 0 Å². The van der Waals surface area contributed by atoms with Crippen LogP contribution < -0.4 is 5.73 Å². The Kier molecular flexibility index (Phi) is 2.73. The summed E-state index contributed by atoms with van der Waals surface area (Å²) in [4.78, 5) is 0.